The van der Waals surface area contributed by atoms with E-state index in [-0.39, 0.29) is 18.7 Å². The minimum Gasteiger partial charge on any atom is -0.490 e. The van der Waals surface area contributed by atoms with Crippen molar-refractivity contribution in [2.45, 2.75) is 33.2 Å². The molecule has 0 atom stereocenters. The number of ether oxygens (including phenoxy) is 2. The van der Waals surface area contributed by atoms with Gasteiger partial charge in [-0.05, 0) is 31.5 Å². The number of carboxylic acid groups (broad SMARTS) is 1. The van der Waals surface area contributed by atoms with Crippen LogP contribution in [0.3, 0.4) is 0 Å². The van der Waals surface area contributed by atoms with Crippen LogP contribution in [0, 0.1) is 0 Å². The molecule has 1 amide bonds. The Hall–Kier alpha value is -2.24. The molecule has 21 heavy (non-hydrogen) atoms. The molecule has 0 heterocycles. The Bertz CT molecular complexity index is 487. The number of aliphatic carboxylic acids is 1. The van der Waals surface area contributed by atoms with Crippen LogP contribution in [0.2, 0.25) is 0 Å². The summed E-state index contributed by atoms with van der Waals surface area (Å²) in [5, 5.41) is 11.2. The lowest BCUT2D eigenvalue weighted by Gasteiger charge is -2.12. The van der Waals surface area contributed by atoms with Crippen LogP contribution in [0.1, 0.15) is 32.3 Å². The summed E-state index contributed by atoms with van der Waals surface area (Å²) >= 11 is 0. The second-order valence-corrected chi connectivity index (χ2v) is 4.32. The number of carbonyl (C=O) groups excluding carboxylic acids is 1. The molecule has 0 saturated carbocycles. The monoisotopic (exact) mass is 295 g/mol. The zero-order valence-electron chi connectivity index (χ0n) is 12.3. The number of carboxylic acids is 1. The number of nitrogens with one attached hydrogen (secondary N) is 1. The topological polar surface area (TPSA) is 84.9 Å². The number of hydrogen-bond donors (Lipinski definition) is 2. The van der Waals surface area contributed by atoms with Crippen LogP contribution in [0.15, 0.2) is 18.2 Å². The lowest BCUT2D eigenvalue weighted by Crippen LogP contribution is -2.23. The van der Waals surface area contributed by atoms with Crippen molar-refractivity contribution >= 4 is 11.9 Å². The summed E-state index contributed by atoms with van der Waals surface area (Å²) < 4.78 is 11.0. The molecule has 1 aromatic rings. The third kappa shape index (κ3) is 6.16. The zero-order chi connectivity index (χ0) is 15.7. The molecule has 1 aromatic carbocycles. The first-order chi connectivity index (χ1) is 10.1. The SMILES string of the molecule is CCOc1ccc(CNC(=O)CCC(=O)O)cc1OCC. The standard InChI is InChI=1S/C15H21NO5/c1-3-20-12-6-5-11(9-13(12)21-4-2)10-16-14(17)7-8-15(18)19/h5-6,9H,3-4,7-8,10H2,1-2H3,(H,16,17)(H,18,19). The van der Waals surface area contributed by atoms with Gasteiger partial charge in [-0.15, -0.1) is 0 Å². The fourth-order valence-electron chi connectivity index (χ4n) is 1.71. The smallest absolute Gasteiger partial charge is 0.303 e. The molecule has 0 aliphatic rings. The van der Waals surface area contributed by atoms with E-state index in [4.69, 9.17) is 14.6 Å². The normalized spacial score (nSPS) is 10.0. The molecule has 0 unspecified atom stereocenters. The second-order valence-electron chi connectivity index (χ2n) is 4.32. The van der Waals surface area contributed by atoms with Crippen molar-refractivity contribution in [3.63, 3.8) is 0 Å². The van der Waals surface area contributed by atoms with E-state index in [0.717, 1.165) is 5.56 Å². The maximum absolute atomic E-state index is 11.5. The molecule has 0 fully saturated rings. The molecular formula is C15H21NO5. The van der Waals surface area contributed by atoms with E-state index in [1.54, 1.807) is 6.07 Å². The van der Waals surface area contributed by atoms with Crippen LogP contribution >= 0.6 is 0 Å². The summed E-state index contributed by atoms with van der Waals surface area (Å²) in [5.41, 5.74) is 0.866. The lowest BCUT2D eigenvalue weighted by atomic mass is 10.2. The molecule has 116 valence electrons. The molecule has 0 spiro atoms. The van der Waals surface area contributed by atoms with Gasteiger partial charge in [0, 0.05) is 13.0 Å². The van der Waals surface area contributed by atoms with Gasteiger partial charge in [-0.1, -0.05) is 6.07 Å². The summed E-state index contributed by atoms with van der Waals surface area (Å²) in [7, 11) is 0. The highest BCUT2D eigenvalue weighted by Gasteiger charge is 2.08. The van der Waals surface area contributed by atoms with Gasteiger partial charge >= 0.3 is 5.97 Å². The number of hydrogen-bond acceptors (Lipinski definition) is 4. The Kier molecular flexibility index (Phi) is 7.08. The zero-order valence-corrected chi connectivity index (χ0v) is 12.3. The summed E-state index contributed by atoms with van der Waals surface area (Å²) in [4.78, 5) is 21.9. The Labute approximate surface area is 124 Å². The van der Waals surface area contributed by atoms with Crippen LogP contribution in [0.25, 0.3) is 0 Å². The number of rotatable bonds is 9. The first-order valence-corrected chi connectivity index (χ1v) is 6.93. The van der Waals surface area contributed by atoms with E-state index >= 15 is 0 Å². The van der Waals surface area contributed by atoms with Crippen LogP contribution < -0.4 is 14.8 Å². The molecule has 0 aromatic heterocycles. The molecular weight excluding hydrogens is 274 g/mol. The first kappa shape index (κ1) is 16.8. The van der Waals surface area contributed by atoms with E-state index in [1.807, 2.05) is 26.0 Å². The largest absolute Gasteiger partial charge is 0.490 e. The number of benzene rings is 1. The highest BCUT2D eigenvalue weighted by Crippen LogP contribution is 2.28. The number of amides is 1. The third-order valence-electron chi connectivity index (χ3n) is 2.66. The third-order valence-corrected chi connectivity index (χ3v) is 2.66. The first-order valence-electron chi connectivity index (χ1n) is 6.93. The Morgan fingerprint density at radius 2 is 1.76 bits per heavy atom. The highest BCUT2D eigenvalue weighted by atomic mass is 16.5. The molecule has 0 radical (unpaired) electrons. The molecule has 0 aliphatic carbocycles. The fourth-order valence-corrected chi connectivity index (χ4v) is 1.71. The number of carbonyl (C=O) groups is 2. The average molecular weight is 295 g/mol. The highest BCUT2D eigenvalue weighted by molar-refractivity contribution is 5.80. The average Bonchev–Trinajstić information content (AvgIpc) is 2.45. The minimum absolute atomic E-state index is 0.0231. The van der Waals surface area contributed by atoms with E-state index in [1.165, 1.54) is 0 Å². The lowest BCUT2D eigenvalue weighted by molar-refractivity contribution is -0.138. The van der Waals surface area contributed by atoms with Gasteiger partial charge in [-0.3, -0.25) is 9.59 Å². The van der Waals surface area contributed by atoms with Gasteiger partial charge in [0.15, 0.2) is 11.5 Å². The van der Waals surface area contributed by atoms with Crippen molar-refractivity contribution < 1.29 is 24.2 Å². The van der Waals surface area contributed by atoms with Crippen LogP contribution in [0.5, 0.6) is 11.5 Å². The van der Waals surface area contributed by atoms with Gasteiger partial charge in [0.05, 0.1) is 19.6 Å². The Morgan fingerprint density at radius 1 is 1.10 bits per heavy atom. The maximum atomic E-state index is 11.5. The molecule has 0 saturated heterocycles. The van der Waals surface area contributed by atoms with Crippen LogP contribution in [0.4, 0.5) is 0 Å². The molecule has 0 bridgehead atoms. The van der Waals surface area contributed by atoms with Gasteiger partial charge in [0.2, 0.25) is 5.91 Å². The summed E-state index contributed by atoms with van der Waals surface area (Å²) in [6.45, 7) is 5.17. The molecule has 6 nitrogen and oxygen atoms in total. The second kappa shape index (κ2) is 8.84. The van der Waals surface area contributed by atoms with Gasteiger partial charge in [-0.25, -0.2) is 0 Å². The van der Waals surface area contributed by atoms with Crippen molar-refractivity contribution in [2.75, 3.05) is 13.2 Å². The quantitative estimate of drug-likeness (QED) is 0.727. The molecule has 6 heteroatoms. The van der Waals surface area contributed by atoms with E-state index in [9.17, 15) is 9.59 Å². The van der Waals surface area contributed by atoms with Crippen molar-refractivity contribution in [2.24, 2.45) is 0 Å². The maximum Gasteiger partial charge on any atom is 0.303 e. The van der Waals surface area contributed by atoms with Crippen molar-refractivity contribution in [3.05, 3.63) is 23.8 Å². The predicted octanol–water partition coefficient (Wildman–Crippen LogP) is 1.97. The van der Waals surface area contributed by atoms with Crippen molar-refractivity contribution in [3.8, 4) is 11.5 Å². The molecule has 1 rings (SSSR count). The van der Waals surface area contributed by atoms with Gasteiger partial charge in [-0.2, -0.15) is 0 Å². The van der Waals surface area contributed by atoms with E-state index < -0.39 is 5.97 Å². The summed E-state index contributed by atoms with van der Waals surface area (Å²) in [6.07, 6.45) is -0.190. The summed E-state index contributed by atoms with van der Waals surface area (Å²) in [5.74, 6) is 0.0334. The van der Waals surface area contributed by atoms with Crippen LogP contribution in [-0.4, -0.2) is 30.2 Å². The molecule has 0 aliphatic heterocycles. The predicted molar refractivity (Wildman–Crippen MR) is 77.5 cm³/mol. The Morgan fingerprint density at radius 3 is 2.38 bits per heavy atom. The van der Waals surface area contributed by atoms with Gasteiger partial charge in [0.1, 0.15) is 0 Å². The van der Waals surface area contributed by atoms with Gasteiger partial charge in [0.25, 0.3) is 0 Å². The van der Waals surface area contributed by atoms with Gasteiger partial charge < -0.3 is 19.9 Å². The van der Waals surface area contributed by atoms with Crippen LogP contribution in [-0.2, 0) is 16.1 Å². The van der Waals surface area contributed by atoms with Crippen molar-refractivity contribution in [1.82, 2.24) is 5.32 Å². The minimum atomic E-state index is -0.982. The fraction of sp³-hybridized carbons (Fsp3) is 0.467. The van der Waals surface area contributed by atoms with Crippen molar-refractivity contribution in [1.29, 1.82) is 0 Å². The molecule has 2 N–H and O–H groups in total. The van der Waals surface area contributed by atoms with E-state index in [2.05, 4.69) is 5.32 Å². The Balaban J connectivity index is 2.60. The van der Waals surface area contributed by atoms with E-state index in [0.29, 0.717) is 31.3 Å². The summed E-state index contributed by atoms with van der Waals surface area (Å²) in [6, 6.07) is 5.45.